The summed E-state index contributed by atoms with van der Waals surface area (Å²) in [5.74, 6) is 0. The summed E-state index contributed by atoms with van der Waals surface area (Å²) < 4.78 is 2.24. The molecule has 1 fully saturated rings. The lowest BCUT2D eigenvalue weighted by atomic mass is 9.78. The Balaban J connectivity index is 2.11. The van der Waals surface area contributed by atoms with Crippen LogP contribution in [0.5, 0.6) is 0 Å². The van der Waals surface area contributed by atoms with Gasteiger partial charge in [-0.2, -0.15) is 0 Å². The van der Waals surface area contributed by atoms with Crippen LogP contribution in [0.3, 0.4) is 0 Å². The zero-order valence-corrected chi connectivity index (χ0v) is 9.93. The highest BCUT2D eigenvalue weighted by atomic mass is 15.1. The number of pyridine rings is 1. The second-order valence-corrected chi connectivity index (χ2v) is 4.96. The molecule has 0 bridgehead atoms. The molecule has 0 unspecified atom stereocenters. The molecule has 0 aromatic carbocycles. The SMILES string of the molecule is CC1(n2cncc2-c2cnccc2N)CCC1. The molecular weight excluding hydrogens is 212 g/mol. The highest BCUT2D eigenvalue weighted by Crippen LogP contribution is 2.41. The van der Waals surface area contributed by atoms with Crippen molar-refractivity contribution in [3.63, 3.8) is 0 Å². The van der Waals surface area contributed by atoms with Gasteiger partial charge in [0.2, 0.25) is 0 Å². The number of nitrogens with zero attached hydrogens (tertiary/aromatic N) is 3. The molecule has 2 aromatic rings. The molecule has 4 heteroatoms. The van der Waals surface area contributed by atoms with Gasteiger partial charge < -0.3 is 10.3 Å². The summed E-state index contributed by atoms with van der Waals surface area (Å²) in [7, 11) is 0. The van der Waals surface area contributed by atoms with Crippen LogP contribution in [0, 0.1) is 0 Å². The fourth-order valence-corrected chi connectivity index (χ4v) is 2.47. The molecule has 0 saturated heterocycles. The minimum absolute atomic E-state index is 0.202. The first-order valence-corrected chi connectivity index (χ1v) is 5.93. The molecule has 0 radical (unpaired) electrons. The van der Waals surface area contributed by atoms with Gasteiger partial charge >= 0.3 is 0 Å². The van der Waals surface area contributed by atoms with Crippen LogP contribution in [-0.4, -0.2) is 14.5 Å². The van der Waals surface area contributed by atoms with Crippen molar-refractivity contribution in [3.8, 4) is 11.3 Å². The summed E-state index contributed by atoms with van der Waals surface area (Å²) in [5, 5.41) is 0. The van der Waals surface area contributed by atoms with E-state index in [0.29, 0.717) is 0 Å². The van der Waals surface area contributed by atoms with Gasteiger partial charge in [-0.05, 0) is 32.3 Å². The van der Waals surface area contributed by atoms with E-state index in [1.54, 1.807) is 6.20 Å². The Labute approximate surface area is 101 Å². The smallest absolute Gasteiger partial charge is 0.0956 e. The van der Waals surface area contributed by atoms with Crippen molar-refractivity contribution in [2.45, 2.75) is 31.7 Å². The molecule has 1 aliphatic carbocycles. The minimum Gasteiger partial charge on any atom is -0.398 e. The molecule has 88 valence electrons. The van der Waals surface area contributed by atoms with E-state index in [0.717, 1.165) is 16.9 Å². The first kappa shape index (κ1) is 10.3. The van der Waals surface area contributed by atoms with Crippen LogP contribution in [0.4, 0.5) is 5.69 Å². The molecule has 0 atom stereocenters. The number of nitrogens with two attached hydrogens (primary N) is 1. The van der Waals surface area contributed by atoms with E-state index in [2.05, 4.69) is 21.5 Å². The first-order valence-electron chi connectivity index (χ1n) is 5.93. The van der Waals surface area contributed by atoms with Crippen LogP contribution in [0.1, 0.15) is 26.2 Å². The van der Waals surface area contributed by atoms with E-state index in [4.69, 9.17) is 5.73 Å². The van der Waals surface area contributed by atoms with Gasteiger partial charge in [0.15, 0.2) is 0 Å². The van der Waals surface area contributed by atoms with Crippen molar-refractivity contribution in [1.82, 2.24) is 14.5 Å². The molecule has 17 heavy (non-hydrogen) atoms. The van der Waals surface area contributed by atoms with Gasteiger partial charge in [-0.3, -0.25) is 4.98 Å². The molecule has 0 spiro atoms. The van der Waals surface area contributed by atoms with Gasteiger partial charge in [0.25, 0.3) is 0 Å². The van der Waals surface area contributed by atoms with E-state index >= 15 is 0 Å². The lowest BCUT2D eigenvalue weighted by molar-refractivity contribution is 0.171. The van der Waals surface area contributed by atoms with E-state index in [1.165, 1.54) is 19.3 Å². The number of aromatic nitrogens is 3. The van der Waals surface area contributed by atoms with Crippen LogP contribution in [0.2, 0.25) is 0 Å². The van der Waals surface area contributed by atoms with Crippen LogP contribution in [0.15, 0.2) is 31.0 Å². The molecule has 3 rings (SSSR count). The third kappa shape index (κ3) is 1.52. The van der Waals surface area contributed by atoms with Crippen LogP contribution >= 0.6 is 0 Å². The second-order valence-electron chi connectivity index (χ2n) is 4.96. The maximum Gasteiger partial charge on any atom is 0.0956 e. The van der Waals surface area contributed by atoms with Crippen molar-refractivity contribution < 1.29 is 0 Å². The summed E-state index contributed by atoms with van der Waals surface area (Å²) in [6.45, 7) is 2.27. The monoisotopic (exact) mass is 228 g/mol. The molecule has 2 N–H and O–H groups in total. The van der Waals surface area contributed by atoms with Crippen molar-refractivity contribution in [2.24, 2.45) is 0 Å². The number of hydrogen-bond donors (Lipinski definition) is 1. The molecule has 1 saturated carbocycles. The number of anilines is 1. The van der Waals surface area contributed by atoms with Gasteiger partial charge in [-0.1, -0.05) is 0 Å². The maximum atomic E-state index is 6.00. The topological polar surface area (TPSA) is 56.7 Å². The fourth-order valence-electron chi connectivity index (χ4n) is 2.47. The maximum absolute atomic E-state index is 6.00. The summed E-state index contributed by atoms with van der Waals surface area (Å²) >= 11 is 0. The lowest BCUT2D eigenvalue weighted by Crippen LogP contribution is -2.37. The molecule has 4 nitrogen and oxygen atoms in total. The van der Waals surface area contributed by atoms with Crippen LogP contribution in [0.25, 0.3) is 11.3 Å². The summed E-state index contributed by atoms with van der Waals surface area (Å²) in [6.07, 6.45) is 11.0. The van der Waals surface area contributed by atoms with E-state index in [9.17, 15) is 0 Å². The van der Waals surface area contributed by atoms with Gasteiger partial charge in [0.1, 0.15) is 0 Å². The van der Waals surface area contributed by atoms with E-state index < -0.39 is 0 Å². The van der Waals surface area contributed by atoms with Crippen molar-refractivity contribution in [2.75, 3.05) is 5.73 Å². The van der Waals surface area contributed by atoms with Crippen molar-refractivity contribution in [1.29, 1.82) is 0 Å². The van der Waals surface area contributed by atoms with Crippen LogP contribution in [-0.2, 0) is 5.54 Å². The Morgan fingerprint density at radius 3 is 2.76 bits per heavy atom. The van der Waals surface area contributed by atoms with Crippen molar-refractivity contribution >= 4 is 5.69 Å². The zero-order chi connectivity index (χ0) is 11.9. The Bertz CT molecular complexity index is 540. The Kier molecular flexibility index (Phi) is 2.18. The van der Waals surface area contributed by atoms with Gasteiger partial charge in [0, 0.05) is 29.2 Å². The Morgan fingerprint density at radius 1 is 1.29 bits per heavy atom. The van der Waals surface area contributed by atoms with E-state index in [-0.39, 0.29) is 5.54 Å². The summed E-state index contributed by atoms with van der Waals surface area (Å²) in [4.78, 5) is 8.41. The number of hydrogen-bond acceptors (Lipinski definition) is 3. The summed E-state index contributed by atoms with van der Waals surface area (Å²) in [6, 6.07) is 1.83. The largest absolute Gasteiger partial charge is 0.398 e. The number of nitrogen functional groups attached to an aromatic ring is 1. The highest BCUT2D eigenvalue weighted by molar-refractivity contribution is 5.72. The lowest BCUT2D eigenvalue weighted by Gasteiger charge is -2.40. The molecule has 2 heterocycles. The normalized spacial score (nSPS) is 17.7. The summed E-state index contributed by atoms with van der Waals surface area (Å²) in [5.41, 5.74) is 9.00. The quantitative estimate of drug-likeness (QED) is 0.858. The zero-order valence-electron chi connectivity index (χ0n) is 9.93. The van der Waals surface area contributed by atoms with Crippen molar-refractivity contribution in [3.05, 3.63) is 31.0 Å². The molecule has 0 amide bonds. The van der Waals surface area contributed by atoms with E-state index in [1.807, 2.05) is 24.8 Å². The Hall–Kier alpha value is -1.84. The average molecular weight is 228 g/mol. The van der Waals surface area contributed by atoms with Gasteiger partial charge in [0.05, 0.1) is 18.2 Å². The third-order valence-corrected chi connectivity index (χ3v) is 3.78. The second kappa shape index (κ2) is 3.58. The van der Waals surface area contributed by atoms with Gasteiger partial charge in [-0.25, -0.2) is 4.98 Å². The third-order valence-electron chi connectivity index (χ3n) is 3.78. The van der Waals surface area contributed by atoms with Crippen LogP contribution < -0.4 is 5.73 Å². The standard InChI is InChI=1S/C13H16N4/c1-13(4-2-5-13)17-9-16-8-12(17)10-7-15-6-3-11(10)14/h3,6-9H,2,4-5H2,1H3,(H2,14,15). The van der Waals surface area contributed by atoms with Gasteiger partial charge in [-0.15, -0.1) is 0 Å². The predicted octanol–water partition coefficient (Wildman–Crippen LogP) is 2.43. The highest BCUT2D eigenvalue weighted by Gasteiger charge is 2.35. The Morgan fingerprint density at radius 2 is 2.12 bits per heavy atom. The molecule has 1 aliphatic rings. The molecule has 0 aliphatic heterocycles. The average Bonchev–Trinajstić information content (AvgIpc) is 2.75. The molecule has 2 aromatic heterocycles. The number of rotatable bonds is 2. The number of imidazole rings is 1. The first-order chi connectivity index (χ1) is 8.21. The fraction of sp³-hybridized carbons (Fsp3) is 0.385. The molecular formula is C13H16N4. The minimum atomic E-state index is 0.202. The predicted molar refractivity (Wildman–Crippen MR) is 67.4 cm³/mol.